The molecule has 22 heavy (non-hydrogen) atoms. The number of carbonyl (C=O) groups excluding carboxylic acids is 1. The molecule has 0 aliphatic carbocycles. The number of ether oxygens (including phenoxy) is 1. The molecule has 0 saturated carbocycles. The van der Waals surface area contributed by atoms with Crippen LogP contribution in [0.4, 0.5) is 0 Å². The van der Waals surface area contributed by atoms with Crippen molar-refractivity contribution in [2.75, 3.05) is 26.2 Å². The van der Waals surface area contributed by atoms with E-state index >= 15 is 0 Å². The lowest BCUT2D eigenvalue weighted by Gasteiger charge is -2.45. The van der Waals surface area contributed by atoms with E-state index < -0.39 is 0 Å². The monoisotopic (exact) mass is 302 g/mol. The molecular weight excluding hydrogens is 276 g/mol. The van der Waals surface area contributed by atoms with Gasteiger partial charge in [-0.05, 0) is 37.8 Å². The summed E-state index contributed by atoms with van der Waals surface area (Å²) in [7, 11) is 0. The largest absolute Gasteiger partial charge is 0.377 e. The molecule has 1 N–H and O–H groups in total. The van der Waals surface area contributed by atoms with Gasteiger partial charge in [0.1, 0.15) is 0 Å². The standard InChI is InChI=1S/C18H26N2O2/c1-14(2)22-12-11-20-9-7-18(8-10-20)16-6-4-3-5-15(16)13-17(21)19-18/h3-6,14H,7-13H2,1-2H3,(H,19,21). The second kappa shape index (κ2) is 6.39. The number of fused-ring (bicyclic) bond motifs is 2. The van der Waals surface area contributed by atoms with Gasteiger partial charge in [0.15, 0.2) is 0 Å². The number of hydrogen-bond donors (Lipinski definition) is 1. The number of nitrogens with one attached hydrogen (secondary N) is 1. The van der Waals surface area contributed by atoms with E-state index in [9.17, 15) is 4.79 Å². The van der Waals surface area contributed by atoms with Gasteiger partial charge in [-0.15, -0.1) is 0 Å². The van der Waals surface area contributed by atoms with Crippen molar-refractivity contribution in [3.05, 3.63) is 35.4 Å². The van der Waals surface area contributed by atoms with Gasteiger partial charge >= 0.3 is 0 Å². The molecule has 1 aromatic carbocycles. The molecule has 1 amide bonds. The Hall–Kier alpha value is -1.39. The Morgan fingerprint density at radius 3 is 2.73 bits per heavy atom. The highest BCUT2D eigenvalue weighted by Crippen LogP contribution is 2.37. The number of benzene rings is 1. The highest BCUT2D eigenvalue weighted by atomic mass is 16.5. The van der Waals surface area contributed by atoms with Crippen LogP contribution in [0.15, 0.2) is 24.3 Å². The summed E-state index contributed by atoms with van der Waals surface area (Å²) in [5.74, 6) is 0.162. The first-order chi connectivity index (χ1) is 10.6. The normalized spacial score (nSPS) is 21.0. The molecule has 0 aromatic heterocycles. The minimum absolute atomic E-state index is 0.151. The summed E-state index contributed by atoms with van der Waals surface area (Å²) in [6.07, 6.45) is 2.78. The van der Waals surface area contributed by atoms with Gasteiger partial charge < -0.3 is 15.0 Å². The average Bonchev–Trinajstić information content (AvgIpc) is 2.49. The summed E-state index contributed by atoms with van der Waals surface area (Å²) >= 11 is 0. The second-order valence-corrected chi connectivity index (χ2v) is 6.73. The van der Waals surface area contributed by atoms with Crippen LogP contribution in [0, 0.1) is 0 Å². The molecule has 0 radical (unpaired) electrons. The Morgan fingerprint density at radius 2 is 2.00 bits per heavy atom. The number of likely N-dealkylation sites (tertiary alicyclic amines) is 1. The molecule has 3 rings (SSSR count). The maximum atomic E-state index is 12.1. The molecule has 4 heteroatoms. The van der Waals surface area contributed by atoms with Crippen molar-refractivity contribution in [3.63, 3.8) is 0 Å². The van der Waals surface area contributed by atoms with Crippen LogP contribution in [0.5, 0.6) is 0 Å². The van der Waals surface area contributed by atoms with Crippen LogP contribution in [0.1, 0.15) is 37.8 Å². The summed E-state index contributed by atoms with van der Waals surface area (Å²) in [6.45, 7) is 7.92. The minimum Gasteiger partial charge on any atom is -0.377 e. The highest BCUT2D eigenvalue weighted by molar-refractivity contribution is 5.82. The van der Waals surface area contributed by atoms with Crippen LogP contribution in [0.3, 0.4) is 0 Å². The van der Waals surface area contributed by atoms with E-state index in [4.69, 9.17) is 4.74 Å². The molecule has 120 valence electrons. The van der Waals surface area contributed by atoms with Crippen molar-refractivity contribution in [2.24, 2.45) is 0 Å². The molecule has 1 spiro atoms. The minimum atomic E-state index is -0.151. The topological polar surface area (TPSA) is 41.6 Å². The number of nitrogens with zero attached hydrogens (tertiary/aromatic N) is 1. The van der Waals surface area contributed by atoms with Crippen molar-refractivity contribution >= 4 is 5.91 Å². The fourth-order valence-corrected chi connectivity index (χ4v) is 3.66. The van der Waals surface area contributed by atoms with E-state index in [0.717, 1.165) is 39.1 Å². The summed E-state index contributed by atoms with van der Waals surface area (Å²) in [5.41, 5.74) is 2.37. The van der Waals surface area contributed by atoms with Crippen molar-refractivity contribution in [1.29, 1.82) is 0 Å². The van der Waals surface area contributed by atoms with Crippen molar-refractivity contribution in [2.45, 2.75) is 44.8 Å². The third-order valence-electron chi connectivity index (χ3n) is 4.83. The molecule has 0 bridgehead atoms. The molecule has 2 aliphatic rings. The summed E-state index contributed by atoms with van der Waals surface area (Å²) in [6, 6.07) is 8.40. The van der Waals surface area contributed by atoms with Gasteiger partial charge in [0, 0.05) is 19.6 Å². The third kappa shape index (κ3) is 3.18. The lowest BCUT2D eigenvalue weighted by atomic mass is 9.75. The summed E-state index contributed by atoms with van der Waals surface area (Å²) in [5, 5.41) is 3.29. The van der Waals surface area contributed by atoms with E-state index in [0.29, 0.717) is 12.5 Å². The Balaban J connectivity index is 1.66. The maximum absolute atomic E-state index is 12.1. The smallest absolute Gasteiger partial charge is 0.225 e. The third-order valence-corrected chi connectivity index (χ3v) is 4.83. The van der Waals surface area contributed by atoms with Gasteiger partial charge in [0.2, 0.25) is 5.91 Å². The van der Waals surface area contributed by atoms with Crippen molar-refractivity contribution < 1.29 is 9.53 Å². The molecular formula is C18H26N2O2. The van der Waals surface area contributed by atoms with Gasteiger partial charge in [-0.1, -0.05) is 24.3 Å². The molecule has 1 aromatic rings. The molecule has 4 nitrogen and oxygen atoms in total. The zero-order valence-corrected chi connectivity index (χ0v) is 13.6. The number of hydrogen-bond acceptors (Lipinski definition) is 3. The molecule has 2 heterocycles. The Bertz CT molecular complexity index is 534. The molecule has 1 fully saturated rings. The van der Waals surface area contributed by atoms with Gasteiger partial charge in [0.25, 0.3) is 0 Å². The van der Waals surface area contributed by atoms with Crippen LogP contribution >= 0.6 is 0 Å². The quantitative estimate of drug-likeness (QED) is 0.926. The van der Waals surface area contributed by atoms with Gasteiger partial charge in [-0.25, -0.2) is 0 Å². The van der Waals surface area contributed by atoms with E-state index in [1.807, 2.05) is 6.07 Å². The zero-order chi connectivity index (χ0) is 15.6. The number of piperidine rings is 1. The highest BCUT2D eigenvalue weighted by Gasteiger charge is 2.41. The Kier molecular flexibility index (Phi) is 4.50. The first-order valence-electron chi connectivity index (χ1n) is 8.32. The van der Waals surface area contributed by atoms with Crippen LogP contribution in [-0.4, -0.2) is 43.2 Å². The zero-order valence-electron chi connectivity index (χ0n) is 13.6. The van der Waals surface area contributed by atoms with Gasteiger partial charge in [-0.2, -0.15) is 0 Å². The first-order valence-corrected chi connectivity index (χ1v) is 8.32. The van der Waals surface area contributed by atoms with Crippen LogP contribution in [0.2, 0.25) is 0 Å². The molecule has 0 atom stereocenters. The van der Waals surface area contributed by atoms with Crippen molar-refractivity contribution in [1.82, 2.24) is 10.2 Å². The number of amides is 1. The molecule has 1 saturated heterocycles. The fraction of sp³-hybridized carbons (Fsp3) is 0.611. The lowest BCUT2D eigenvalue weighted by molar-refractivity contribution is -0.124. The summed E-state index contributed by atoms with van der Waals surface area (Å²) < 4.78 is 5.64. The predicted octanol–water partition coefficient (Wildman–Crippen LogP) is 2.08. The lowest BCUT2D eigenvalue weighted by Crippen LogP contribution is -2.56. The van der Waals surface area contributed by atoms with E-state index in [-0.39, 0.29) is 11.4 Å². The Morgan fingerprint density at radius 1 is 1.27 bits per heavy atom. The molecule has 0 unspecified atom stereocenters. The van der Waals surface area contributed by atoms with Gasteiger partial charge in [-0.3, -0.25) is 4.79 Å². The maximum Gasteiger partial charge on any atom is 0.225 e. The molecule has 2 aliphatic heterocycles. The van der Waals surface area contributed by atoms with Crippen LogP contribution in [0.25, 0.3) is 0 Å². The predicted molar refractivity (Wildman–Crippen MR) is 86.7 cm³/mol. The van der Waals surface area contributed by atoms with E-state index in [1.165, 1.54) is 11.1 Å². The van der Waals surface area contributed by atoms with E-state index in [2.05, 4.69) is 42.3 Å². The van der Waals surface area contributed by atoms with Crippen LogP contribution in [-0.2, 0) is 21.5 Å². The number of rotatable bonds is 4. The van der Waals surface area contributed by atoms with Crippen molar-refractivity contribution in [3.8, 4) is 0 Å². The fourth-order valence-electron chi connectivity index (χ4n) is 3.66. The SMILES string of the molecule is CC(C)OCCN1CCC2(CC1)NC(=O)Cc1ccccc12. The van der Waals surface area contributed by atoms with Gasteiger partial charge in [0.05, 0.1) is 24.7 Å². The summed E-state index contributed by atoms with van der Waals surface area (Å²) in [4.78, 5) is 14.5. The van der Waals surface area contributed by atoms with Crippen LogP contribution < -0.4 is 5.32 Å². The average molecular weight is 302 g/mol. The second-order valence-electron chi connectivity index (χ2n) is 6.73. The Labute approximate surface area is 132 Å². The van der Waals surface area contributed by atoms with E-state index in [1.54, 1.807) is 0 Å². The first kappa shape index (κ1) is 15.5. The number of carbonyl (C=O) groups is 1.